The molecule has 0 spiro atoms. The average molecular weight is 439 g/mol. The van der Waals surface area contributed by atoms with Crippen LogP contribution < -0.4 is 4.74 Å². The molecule has 0 radical (unpaired) electrons. The number of methoxy groups -OCH3 is 1. The Morgan fingerprint density at radius 1 is 1.23 bits per heavy atom. The molecule has 0 saturated heterocycles. The van der Waals surface area contributed by atoms with Gasteiger partial charge < -0.3 is 9.64 Å². The summed E-state index contributed by atoms with van der Waals surface area (Å²) in [6.07, 6.45) is 0. The van der Waals surface area contributed by atoms with E-state index in [2.05, 4.69) is 10.2 Å². The van der Waals surface area contributed by atoms with Crippen LogP contribution in [-0.4, -0.2) is 44.8 Å². The molecule has 1 atom stereocenters. The SMILES string of the molecule is COc1ccc2c(C)cc3nnc(SC(C)C(=O)N(C)Cc4cccc(F)c4)n3c2c1. The minimum Gasteiger partial charge on any atom is -0.497 e. The lowest BCUT2D eigenvalue weighted by atomic mass is 10.1. The third-order valence-corrected chi connectivity index (χ3v) is 6.22. The van der Waals surface area contributed by atoms with Crippen molar-refractivity contribution in [1.82, 2.24) is 19.5 Å². The Labute approximate surface area is 184 Å². The molecule has 1 unspecified atom stereocenters. The monoisotopic (exact) mass is 438 g/mol. The number of halogens is 1. The summed E-state index contributed by atoms with van der Waals surface area (Å²) in [6.45, 7) is 4.21. The second kappa shape index (κ2) is 8.55. The lowest BCUT2D eigenvalue weighted by Crippen LogP contribution is -2.32. The van der Waals surface area contributed by atoms with E-state index >= 15 is 0 Å². The van der Waals surface area contributed by atoms with Crippen molar-refractivity contribution in [2.45, 2.75) is 30.8 Å². The zero-order valence-corrected chi connectivity index (χ0v) is 18.6. The largest absolute Gasteiger partial charge is 0.497 e. The molecular formula is C23H23FN4O2S. The summed E-state index contributed by atoms with van der Waals surface area (Å²) in [6, 6.07) is 14.1. The first-order valence-electron chi connectivity index (χ1n) is 9.86. The molecule has 0 fully saturated rings. The number of nitrogens with zero attached hydrogens (tertiary/aromatic N) is 4. The highest BCUT2D eigenvalue weighted by molar-refractivity contribution is 8.00. The Hall–Kier alpha value is -3.13. The van der Waals surface area contributed by atoms with Crippen LogP contribution in [-0.2, 0) is 11.3 Å². The Morgan fingerprint density at radius 2 is 2.03 bits per heavy atom. The Balaban J connectivity index is 1.61. The van der Waals surface area contributed by atoms with E-state index in [0.29, 0.717) is 17.3 Å². The number of thioether (sulfide) groups is 1. The van der Waals surface area contributed by atoms with Crippen molar-refractivity contribution in [1.29, 1.82) is 0 Å². The number of carbonyl (C=O) groups is 1. The highest BCUT2D eigenvalue weighted by Crippen LogP contribution is 2.30. The number of hydrogen-bond acceptors (Lipinski definition) is 5. The predicted octanol–water partition coefficient (Wildman–Crippen LogP) is 4.48. The highest BCUT2D eigenvalue weighted by Gasteiger charge is 2.22. The number of carbonyl (C=O) groups excluding carboxylic acids is 1. The van der Waals surface area contributed by atoms with E-state index in [1.807, 2.05) is 42.5 Å². The Morgan fingerprint density at radius 3 is 2.77 bits per heavy atom. The van der Waals surface area contributed by atoms with Gasteiger partial charge in [-0.1, -0.05) is 23.9 Å². The van der Waals surface area contributed by atoms with Gasteiger partial charge in [-0.3, -0.25) is 9.20 Å². The van der Waals surface area contributed by atoms with Crippen LogP contribution in [0, 0.1) is 12.7 Å². The molecule has 0 aliphatic carbocycles. The minimum absolute atomic E-state index is 0.0694. The molecule has 4 aromatic rings. The quantitative estimate of drug-likeness (QED) is 0.416. The molecule has 0 bridgehead atoms. The summed E-state index contributed by atoms with van der Waals surface area (Å²) >= 11 is 1.35. The zero-order chi connectivity index (χ0) is 22.1. The number of ether oxygens (including phenoxy) is 1. The van der Waals surface area contributed by atoms with Crippen LogP contribution in [0.5, 0.6) is 5.75 Å². The molecule has 6 nitrogen and oxygen atoms in total. The summed E-state index contributed by atoms with van der Waals surface area (Å²) in [5.74, 6) is 0.358. The number of aromatic nitrogens is 3. The number of pyridine rings is 1. The molecule has 0 aliphatic heterocycles. The smallest absolute Gasteiger partial charge is 0.235 e. The number of rotatable bonds is 6. The van der Waals surface area contributed by atoms with Crippen LogP contribution in [0.2, 0.25) is 0 Å². The van der Waals surface area contributed by atoms with Crippen LogP contribution in [0.25, 0.3) is 16.6 Å². The standard InChI is InChI=1S/C23H23FN4O2S/c1-14-10-21-25-26-23(28(21)20-12-18(30-4)8-9-19(14)20)31-15(2)22(29)27(3)13-16-6-5-7-17(24)11-16/h5-12,15H,13H2,1-4H3. The van der Waals surface area contributed by atoms with Crippen molar-refractivity contribution < 1.29 is 13.9 Å². The zero-order valence-electron chi connectivity index (χ0n) is 17.8. The lowest BCUT2D eigenvalue weighted by Gasteiger charge is -2.21. The maximum Gasteiger partial charge on any atom is 0.235 e. The summed E-state index contributed by atoms with van der Waals surface area (Å²) in [5.41, 5.74) is 3.48. The number of aryl methyl sites for hydroxylation is 1. The first-order valence-corrected chi connectivity index (χ1v) is 10.7. The third-order valence-electron chi connectivity index (χ3n) is 5.19. The number of hydrogen-bond donors (Lipinski definition) is 0. The van der Waals surface area contributed by atoms with Crippen molar-refractivity contribution in [2.75, 3.05) is 14.2 Å². The van der Waals surface area contributed by atoms with Gasteiger partial charge in [-0.15, -0.1) is 10.2 Å². The molecular weight excluding hydrogens is 415 g/mol. The number of amides is 1. The molecule has 2 heterocycles. The van der Waals surface area contributed by atoms with Crippen molar-refractivity contribution in [2.24, 2.45) is 0 Å². The predicted molar refractivity (Wildman–Crippen MR) is 120 cm³/mol. The van der Waals surface area contributed by atoms with Gasteiger partial charge in [0.1, 0.15) is 11.6 Å². The van der Waals surface area contributed by atoms with Crippen LogP contribution in [0.15, 0.2) is 53.7 Å². The van der Waals surface area contributed by atoms with Gasteiger partial charge in [0.25, 0.3) is 0 Å². The Bertz CT molecular complexity index is 1270. The maximum atomic E-state index is 13.5. The first kappa shape index (κ1) is 21.1. The summed E-state index contributed by atoms with van der Waals surface area (Å²) in [5, 5.41) is 9.94. The fourth-order valence-electron chi connectivity index (χ4n) is 3.61. The molecule has 0 aliphatic rings. The van der Waals surface area contributed by atoms with Gasteiger partial charge in [-0.05, 0) is 55.3 Å². The summed E-state index contributed by atoms with van der Waals surface area (Å²) in [4.78, 5) is 14.5. The fraction of sp³-hybridized carbons (Fsp3) is 0.261. The van der Waals surface area contributed by atoms with Gasteiger partial charge >= 0.3 is 0 Å². The van der Waals surface area contributed by atoms with Gasteiger partial charge in [0.2, 0.25) is 5.91 Å². The minimum atomic E-state index is -0.395. The van der Waals surface area contributed by atoms with Crippen molar-refractivity contribution in [3.8, 4) is 5.75 Å². The molecule has 31 heavy (non-hydrogen) atoms. The van der Waals surface area contributed by atoms with E-state index in [1.54, 1.807) is 31.2 Å². The topological polar surface area (TPSA) is 59.7 Å². The second-order valence-electron chi connectivity index (χ2n) is 7.47. The van der Waals surface area contributed by atoms with Crippen LogP contribution in [0.4, 0.5) is 4.39 Å². The fourth-order valence-corrected chi connectivity index (χ4v) is 4.59. The van der Waals surface area contributed by atoms with Crippen molar-refractivity contribution in [3.63, 3.8) is 0 Å². The molecule has 2 aromatic carbocycles. The van der Waals surface area contributed by atoms with Crippen molar-refractivity contribution >= 4 is 34.2 Å². The molecule has 2 aromatic heterocycles. The lowest BCUT2D eigenvalue weighted by molar-refractivity contribution is -0.129. The second-order valence-corrected chi connectivity index (χ2v) is 8.78. The van der Waals surface area contributed by atoms with Crippen molar-refractivity contribution in [3.05, 3.63) is 65.5 Å². The van der Waals surface area contributed by atoms with Crippen LogP contribution in [0.3, 0.4) is 0 Å². The molecule has 0 N–H and O–H groups in total. The van der Waals surface area contributed by atoms with E-state index in [4.69, 9.17) is 4.74 Å². The number of fused-ring (bicyclic) bond motifs is 3. The molecule has 8 heteroatoms. The van der Waals surface area contributed by atoms with E-state index in [9.17, 15) is 9.18 Å². The van der Waals surface area contributed by atoms with E-state index in [-0.39, 0.29) is 11.7 Å². The van der Waals surface area contributed by atoms with Gasteiger partial charge in [0, 0.05) is 25.0 Å². The first-order chi connectivity index (χ1) is 14.9. The maximum absolute atomic E-state index is 13.5. The molecule has 160 valence electrons. The van der Waals surface area contributed by atoms with Gasteiger partial charge in [-0.25, -0.2) is 4.39 Å². The summed E-state index contributed by atoms with van der Waals surface area (Å²) in [7, 11) is 3.35. The molecule has 4 rings (SSSR count). The van der Waals surface area contributed by atoms with E-state index in [1.165, 1.54) is 23.9 Å². The molecule has 0 saturated carbocycles. The van der Waals surface area contributed by atoms with Gasteiger partial charge in [0.15, 0.2) is 10.8 Å². The highest BCUT2D eigenvalue weighted by atomic mass is 32.2. The Kier molecular flexibility index (Phi) is 5.82. The van der Waals surface area contributed by atoms with E-state index in [0.717, 1.165) is 27.8 Å². The third kappa shape index (κ3) is 4.20. The van der Waals surface area contributed by atoms with Gasteiger partial charge in [0.05, 0.1) is 17.9 Å². The van der Waals surface area contributed by atoms with Crippen LogP contribution in [0.1, 0.15) is 18.1 Å². The van der Waals surface area contributed by atoms with E-state index < -0.39 is 5.25 Å². The summed E-state index contributed by atoms with van der Waals surface area (Å²) < 4.78 is 20.8. The van der Waals surface area contributed by atoms with Gasteiger partial charge in [-0.2, -0.15) is 0 Å². The average Bonchev–Trinajstić information content (AvgIpc) is 3.15. The molecule has 1 amide bonds. The van der Waals surface area contributed by atoms with Crippen LogP contribution >= 0.6 is 11.8 Å². The normalized spacial score (nSPS) is 12.3. The number of benzene rings is 2.